The number of hydrogen-bond acceptors (Lipinski definition) is 11. The molecule has 0 spiro atoms. The highest BCUT2D eigenvalue weighted by atomic mass is 16.7. The number of aliphatic hydroxyl groups is 7. The quantitative estimate of drug-likeness (QED) is 0.171. The maximum absolute atomic E-state index is 12.4. The van der Waals surface area contributed by atoms with E-state index in [2.05, 4.69) is 0 Å². The van der Waals surface area contributed by atoms with Gasteiger partial charge in [0.1, 0.15) is 18.8 Å². The highest BCUT2D eigenvalue weighted by Crippen LogP contribution is 2.70. The highest BCUT2D eigenvalue weighted by Gasteiger charge is 2.73. The molecule has 4 saturated carbocycles. The first kappa shape index (κ1) is 28.9. The molecule has 0 aromatic heterocycles. The normalized spacial score (nSPS) is 56.1. The minimum Gasteiger partial charge on any atom is -0.458 e. The van der Waals surface area contributed by atoms with Gasteiger partial charge in [-0.3, -0.25) is 0 Å². The Morgan fingerprint density at radius 2 is 1.70 bits per heavy atom. The number of fused-ring (bicyclic) bond motifs is 5. The Labute approximate surface area is 233 Å². The van der Waals surface area contributed by atoms with Crippen LogP contribution in [-0.4, -0.2) is 109 Å². The molecular formula is C29H44O11. The first-order valence-electron chi connectivity index (χ1n) is 14.7. The van der Waals surface area contributed by atoms with Crippen molar-refractivity contribution in [3.63, 3.8) is 0 Å². The van der Waals surface area contributed by atoms with Gasteiger partial charge in [-0.2, -0.15) is 0 Å². The van der Waals surface area contributed by atoms with Crippen molar-refractivity contribution in [1.29, 1.82) is 0 Å². The van der Waals surface area contributed by atoms with Crippen LogP contribution in [0.25, 0.3) is 0 Å². The number of cyclic esters (lactones) is 1. The zero-order valence-electron chi connectivity index (χ0n) is 23.2. The molecule has 0 radical (unpaired) electrons. The van der Waals surface area contributed by atoms with Crippen LogP contribution in [0.3, 0.4) is 0 Å². The van der Waals surface area contributed by atoms with Gasteiger partial charge in [0.25, 0.3) is 0 Å². The van der Waals surface area contributed by atoms with Crippen molar-refractivity contribution in [1.82, 2.24) is 0 Å². The summed E-state index contributed by atoms with van der Waals surface area (Å²) in [4.78, 5) is 11.8. The lowest BCUT2D eigenvalue weighted by Crippen LogP contribution is -2.72. The Kier molecular flexibility index (Phi) is 7.01. The molecule has 0 bridgehead atoms. The predicted molar refractivity (Wildman–Crippen MR) is 137 cm³/mol. The van der Waals surface area contributed by atoms with Crippen molar-refractivity contribution in [3.8, 4) is 0 Å². The van der Waals surface area contributed by atoms with Crippen LogP contribution in [0, 0.1) is 28.6 Å². The third kappa shape index (κ3) is 4.00. The molecule has 7 N–H and O–H groups in total. The first-order valence-corrected chi connectivity index (χ1v) is 14.7. The van der Waals surface area contributed by atoms with Gasteiger partial charge in [0.15, 0.2) is 6.29 Å². The van der Waals surface area contributed by atoms with E-state index in [-0.39, 0.29) is 43.7 Å². The average molecular weight is 569 g/mol. The van der Waals surface area contributed by atoms with Gasteiger partial charge in [0.05, 0.1) is 42.2 Å². The Balaban J connectivity index is 1.24. The minimum absolute atomic E-state index is 0.0418. The van der Waals surface area contributed by atoms with E-state index in [1.165, 1.54) is 6.08 Å². The van der Waals surface area contributed by atoms with Crippen LogP contribution < -0.4 is 0 Å². The molecule has 2 heterocycles. The van der Waals surface area contributed by atoms with Crippen molar-refractivity contribution < 1.29 is 54.8 Å². The Morgan fingerprint density at radius 3 is 2.38 bits per heavy atom. The summed E-state index contributed by atoms with van der Waals surface area (Å²) in [5.41, 5.74) is -3.11. The van der Waals surface area contributed by atoms with Crippen molar-refractivity contribution in [2.75, 3.05) is 13.2 Å². The van der Waals surface area contributed by atoms with E-state index in [0.29, 0.717) is 32.1 Å². The van der Waals surface area contributed by atoms with Crippen LogP contribution in [0.5, 0.6) is 0 Å². The number of ether oxygens (including phenoxy) is 3. The number of carbonyl (C=O) groups excluding carboxylic acids is 1. The van der Waals surface area contributed by atoms with Crippen LogP contribution in [0.4, 0.5) is 0 Å². The standard InChI is InChI=1S/C29H44O11/c1-26-10-19(33)24-16(29(26,37)6-4-15(26)14-7-22(34)38-13-14)3-5-28(36)11-20(18(32)9-27(24,28)2)39-23-8-17(31)25(35)21(12-30)40-23/h7,15-21,23-25,30-33,35-37H,3-6,8-13H2,1-2H3. The van der Waals surface area contributed by atoms with Gasteiger partial charge in [-0.15, -0.1) is 0 Å². The lowest BCUT2D eigenvalue weighted by atomic mass is 9.41. The number of aliphatic hydroxyl groups excluding tert-OH is 5. The summed E-state index contributed by atoms with van der Waals surface area (Å²) in [6.45, 7) is 3.61. The smallest absolute Gasteiger partial charge is 0.331 e. The van der Waals surface area contributed by atoms with Gasteiger partial charge in [-0.1, -0.05) is 13.8 Å². The molecule has 6 aliphatic rings. The maximum atomic E-state index is 12.4. The summed E-state index contributed by atoms with van der Waals surface area (Å²) >= 11 is 0. The molecule has 6 rings (SSSR count). The number of esters is 1. The SMILES string of the molecule is CC12CC(O)C(OC3CC(O)C(O)C(CO)O3)CC1(O)CCC1C2C(O)CC2(C)C(C3=CC(=O)OC3)CCC12O. The second-order valence-electron chi connectivity index (χ2n) is 13.9. The highest BCUT2D eigenvalue weighted by molar-refractivity contribution is 5.85. The van der Waals surface area contributed by atoms with Crippen LogP contribution in [-0.2, 0) is 19.0 Å². The number of hydrogen-bond donors (Lipinski definition) is 7. The lowest BCUT2D eigenvalue weighted by molar-refractivity contribution is -0.318. The second-order valence-corrected chi connectivity index (χ2v) is 13.9. The molecule has 0 aromatic rings. The Morgan fingerprint density at radius 1 is 0.975 bits per heavy atom. The molecular weight excluding hydrogens is 524 g/mol. The summed E-state index contributed by atoms with van der Waals surface area (Å²) in [5, 5.41) is 77.3. The molecule has 14 unspecified atom stereocenters. The molecule has 0 amide bonds. The van der Waals surface area contributed by atoms with Gasteiger partial charge in [-0.05, 0) is 61.9 Å². The third-order valence-corrected chi connectivity index (χ3v) is 12.1. The van der Waals surface area contributed by atoms with Gasteiger partial charge in [-0.25, -0.2) is 4.79 Å². The molecule has 1 saturated heterocycles. The molecule has 226 valence electrons. The minimum atomic E-state index is -1.29. The van der Waals surface area contributed by atoms with Crippen molar-refractivity contribution in [3.05, 3.63) is 11.6 Å². The van der Waals surface area contributed by atoms with Gasteiger partial charge in [0.2, 0.25) is 0 Å². The Bertz CT molecular complexity index is 1050. The average Bonchev–Trinajstić information content (AvgIpc) is 3.42. The predicted octanol–water partition coefficient (Wildman–Crippen LogP) is -0.486. The largest absolute Gasteiger partial charge is 0.458 e. The summed E-state index contributed by atoms with van der Waals surface area (Å²) in [7, 11) is 0. The molecule has 11 nitrogen and oxygen atoms in total. The monoisotopic (exact) mass is 568 g/mol. The van der Waals surface area contributed by atoms with E-state index in [0.717, 1.165) is 5.57 Å². The second kappa shape index (κ2) is 9.68. The van der Waals surface area contributed by atoms with E-state index in [1.54, 1.807) is 0 Å². The fourth-order valence-corrected chi connectivity index (χ4v) is 9.97. The zero-order valence-corrected chi connectivity index (χ0v) is 23.2. The first-order chi connectivity index (χ1) is 18.8. The maximum Gasteiger partial charge on any atom is 0.331 e. The number of carbonyl (C=O) groups is 1. The Hall–Kier alpha value is -1.15. The van der Waals surface area contributed by atoms with Crippen LogP contribution in [0.1, 0.15) is 65.2 Å². The molecule has 14 atom stereocenters. The summed E-state index contributed by atoms with van der Waals surface area (Å²) in [6.07, 6.45) is -3.02. The molecule has 2 aliphatic heterocycles. The van der Waals surface area contributed by atoms with Crippen molar-refractivity contribution >= 4 is 5.97 Å². The van der Waals surface area contributed by atoms with Crippen LogP contribution in [0.2, 0.25) is 0 Å². The van der Waals surface area contributed by atoms with Gasteiger partial charge >= 0.3 is 5.97 Å². The van der Waals surface area contributed by atoms with Crippen LogP contribution in [0.15, 0.2) is 11.6 Å². The fourth-order valence-electron chi connectivity index (χ4n) is 9.97. The van der Waals surface area contributed by atoms with E-state index < -0.39 is 77.5 Å². The van der Waals surface area contributed by atoms with E-state index in [1.807, 2.05) is 13.8 Å². The molecule has 5 fully saturated rings. The van der Waals surface area contributed by atoms with E-state index >= 15 is 0 Å². The fraction of sp³-hybridized carbons (Fsp3) is 0.897. The molecule has 11 heteroatoms. The van der Waals surface area contributed by atoms with Gasteiger partial charge < -0.3 is 50.0 Å². The third-order valence-electron chi connectivity index (χ3n) is 12.1. The summed E-state index contributed by atoms with van der Waals surface area (Å²) in [5.74, 6) is -1.23. The summed E-state index contributed by atoms with van der Waals surface area (Å²) < 4.78 is 16.8. The molecule has 40 heavy (non-hydrogen) atoms. The van der Waals surface area contributed by atoms with Crippen molar-refractivity contribution in [2.24, 2.45) is 28.6 Å². The zero-order chi connectivity index (χ0) is 28.8. The molecule has 4 aliphatic carbocycles. The van der Waals surface area contributed by atoms with Gasteiger partial charge in [0, 0.05) is 29.7 Å². The molecule has 0 aromatic carbocycles. The van der Waals surface area contributed by atoms with E-state index in [4.69, 9.17) is 14.2 Å². The van der Waals surface area contributed by atoms with E-state index in [9.17, 15) is 40.5 Å². The van der Waals surface area contributed by atoms with Crippen LogP contribution >= 0.6 is 0 Å². The van der Waals surface area contributed by atoms with Crippen molar-refractivity contribution in [2.45, 2.75) is 119 Å². The lowest BCUT2D eigenvalue weighted by Gasteiger charge is -2.67. The number of rotatable bonds is 4. The summed E-state index contributed by atoms with van der Waals surface area (Å²) in [6, 6.07) is 0. The topological polar surface area (TPSA) is 186 Å².